The molecule has 0 radical (unpaired) electrons. The molecule has 1 heterocycles. The highest BCUT2D eigenvalue weighted by atomic mass is 16.2. The minimum absolute atomic E-state index is 0.180. The number of aryl methyl sites for hydroxylation is 2. The van der Waals surface area contributed by atoms with E-state index in [9.17, 15) is 4.79 Å². The van der Waals surface area contributed by atoms with Gasteiger partial charge in [-0.05, 0) is 69.2 Å². The van der Waals surface area contributed by atoms with Crippen LogP contribution in [0, 0.1) is 25.2 Å². The number of rotatable bonds is 3. The summed E-state index contributed by atoms with van der Waals surface area (Å²) in [5, 5.41) is 12.4. The van der Waals surface area contributed by atoms with Crippen LogP contribution in [0.2, 0.25) is 0 Å². The van der Waals surface area contributed by atoms with Gasteiger partial charge in [0.15, 0.2) is 5.54 Å². The van der Waals surface area contributed by atoms with Gasteiger partial charge in [0.05, 0.1) is 31.8 Å². The number of carbonyl (C=O) groups excluding carboxylic acids is 1. The number of hydrogen-bond acceptors (Lipinski definition) is 2. The van der Waals surface area contributed by atoms with Crippen molar-refractivity contribution in [3.05, 3.63) is 28.8 Å². The van der Waals surface area contributed by atoms with Gasteiger partial charge in [-0.25, -0.2) is 0 Å². The second-order valence-electron chi connectivity index (χ2n) is 8.19. The number of likely N-dealkylation sites (N-methyl/N-ethyl adjacent to an activating group) is 1. The molecule has 1 aromatic rings. The average molecular weight is 340 g/mol. The van der Waals surface area contributed by atoms with Crippen LogP contribution in [0.3, 0.4) is 0 Å². The molecule has 4 nitrogen and oxygen atoms in total. The number of anilines is 1. The van der Waals surface area contributed by atoms with Gasteiger partial charge in [-0.15, -0.1) is 0 Å². The Morgan fingerprint density at radius 3 is 2.08 bits per heavy atom. The van der Waals surface area contributed by atoms with Gasteiger partial charge in [0.1, 0.15) is 0 Å². The maximum absolute atomic E-state index is 13.4. The number of nitriles is 1. The molecule has 0 spiro atoms. The van der Waals surface area contributed by atoms with Crippen molar-refractivity contribution in [3.8, 4) is 6.07 Å². The van der Waals surface area contributed by atoms with Crippen LogP contribution in [-0.2, 0) is 4.79 Å². The molecule has 1 N–H and O–H groups in total. The van der Waals surface area contributed by atoms with Crippen LogP contribution in [0.1, 0.15) is 61.6 Å². The number of hydrogen-bond donors (Lipinski definition) is 1. The van der Waals surface area contributed by atoms with E-state index in [2.05, 4.69) is 18.4 Å². The Morgan fingerprint density at radius 1 is 1.08 bits per heavy atom. The molecule has 2 fully saturated rings. The van der Waals surface area contributed by atoms with Crippen LogP contribution >= 0.6 is 0 Å². The molecule has 0 atom stereocenters. The zero-order valence-corrected chi connectivity index (χ0v) is 15.8. The fourth-order valence-corrected chi connectivity index (χ4v) is 4.79. The summed E-state index contributed by atoms with van der Waals surface area (Å²) in [5.41, 5.74) is 3.21. The number of likely N-dealkylation sites (tertiary alicyclic amines) is 1. The highest BCUT2D eigenvalue weighted by molar-refractivity contribution is 5.99. The summed E-state index contributed by atoms with van der Waals surface area (Å²) in [6, 6.07) is 5.91. The van der Waals surface area contributed by atoms with Crippen molar-refractivity contribution in [3.63, 3.8) is 0 Å². The second kappa shape index (κ2) is 6.80. The summed E-state index contributed by atoms with van der Waals surface area (Å²) in [5.74, 6) is 0.180. The summed E-state index contributed by atoms with van der Waals surface area (Å²) in [7, 11) is 2.29. The van der Waals surface area contributed by atoms with Crippen molar-refractivity contribution in [2.75, 3.05) is 25.5 Å². The predicted molar refractivity (Wildman–Crippen MR) is 100 cm³/mol. The van der Waals surface area contributed by atoms with Crippen molar-refractivity contribution in [1.82, 2.24) is 0 Å². The van der Waals surface area contributed by atoms with Crippen molar-refractivity contribution in [1.29, 1.82) is 5.26 Å². The van der Waals surface area contributed by atoms with Crippen LogP contribution in [-0.4, -0.2) is 36.1 Å². The van der Waals surface area contributed by atoms with Crippen molar-refractivity contribution >= 4 is 11.6 Å². The highest BCUT2D eigenvalue weighted by Gasteiger charge is 2.58. The molecule has 1 amide bonds. The van der Waals surface area contributed by atoms with E-state index >= 15 is 0 Å². The Morgan fingerprint density at radius 2 is 1.64 bits per heavy atom. The first kappa shape index (κ1) is 17.9. The van der Waals surface area contributed by atoms with Crippen LogP contribution in [0.25, 0.3) is 0 Å². The molecule has 1 aliphatic carbocycles. The summed E-state index contributed by atoms with van der Waals surface area (Å²) < 4.78 is 0.896. The lowest BCUT2D eigenvalue weighted by Gasteiger charge is -2.54. The van der Waals surface area contributed by atoms with Crippen molar-refractivity contribution in [2.24, 2.45) is 0 Å². The lowest BCUT2D eigenvalue weighted by molar-refractivity contribution is -0.954. The van der Waals surface area contributed by atoms with E-state index in [1.165, 1.54) is 25.7 Å². The van der Waals surface area contributed by atoms with E-state index in [1.54, 1.807) is 0 Å². The van der Waals surface area contributed by atoms with Gasteiger partial charge in [-0.1, -0.05) is 0 Å². The quantitative estimate of drug-likeness (QED) is 0.844. The summed E-state index contributed by atoms with van der Waals surface area (Å²) in [6.07, 6.45) is 8.15. The maximum atomic E-state index is 13.4. The molecule has 134 valence electrons. The van der Waals surface area contributed by atoms with E-state index in [0.29, 0.717) is 5.56 Å². The zero-order chi connectivity index (χ0) is 18.1. The average Bonchev–Trinajstić information content (AvgIpc) is 2.74. The number of quaternary nitrogens is 1. The second-order valence-corrected chi connectivity index (χ2v) is 8.19. The van der Waals surface area contributed by atoms with Gasteiger partial charge >= 0.3 is 0 Å². The molecule has 0 aromatic heterocycles. The molecule has 0 unspecified atom stereocenters. The molecule has 0 bridgehead atoms. The normalized spacial score (nSPS) is 21.5. The highest BCUT2D eigenvalue weighted by Crippen LogP contribution is 2.44. The number of amides is 1. The number of nitrogens with one attached hydrogen (secondary N) is 1. The van der Waals surface area contributed by atoms with Crippen LogP contribution in [0.5, 0.6) is 0 Å². The largest absolute Gasteiger partial charge is 0.320 e. The van der Waals surface area contributed by atoms with E-state index in [4.69, 9.17) is 5.26 Å². The van der Waals surface area contributed by atoms with E-state index in [-0.39, 0.29) is 11.4 Å². The first-order chi connectivity index (χ1) is 11.9. The van der Waals surface area contributed by atoms with Gasteiger partial charge in [-0.2, -0.15) is 5.26 Å². The van der Waals surface area contributed by atoms with Gasteiger partial charge in [-0.3, -0.25) is 4.79 Å². The number of nitrogens with zero attached hydrogens (tertiary/aromatic N) is 2. The minimum Gasteiger partial charge on any atom is -0.320 e. The van der Waals surface area contributed by atoms with Gasteiger partial charge in [0, 0.05) is 18.5 Å². The Labute approximate surface area is 151 Å². The smallest absolute Gasteiger partial charge is 0.285 e. The first-order valence-corrected chi connectivity index (χ1v) is 9.59. The lowest BCUT2D eigenvalue weighted by Crippen LogP contribution is -2.71. The molecular weight excluding hydrogens is 310 g/mol. The molecule has 3 rings (SSSR count). The van der Waals surface area contributed by atoms with Gasteiger partial charge in [0.25, 0.3) is 5.91 Å². The summed E-state index contributed by atoms with van der Waals surface area (Å²) in [6.45, 7) is 6.16. The molecular formula is C21H30N3O+. The molecule has 4 heteroatoms. The topological polar surface area (TPSA) is 52.9 Å². The third kappa shape index (κ3) is 3.06. The van der Waals surface area contributed by atoms with Gasteiger partial charge in [0.2, 0.25) is 0 Å². The summed E-state index contributed by atoms with van der Waals surface area (Å²) in [4.78, 5) is 13.4. The molecule has 1 aromatic carbocycles. The molecule has 1 aliphatic heterocycles. The molecule has 25 heavy (non-hydrogen) atoms. The minimum atomic E-state index is -0.267. The first-order valence-electron chi connectivity index (χ1n) is 9.59. The fraction of sp³-hybridized carbons (Fsp3) is 0.619. The Bertz CT molecular complexity index is 681. The maximum Gasteiger partial charge on any atom is 0.285 e. The van der Waals surface area contributed by atoms with Crippen molar-refractivity contribution in [2.45, 2.75) is 64.3 Å². The standard InChI is InChI=1S/C21H29N3O/c1-16-13-18(15-22)14-17(2)19(16)23-20(25)21(9-8-10-21)24(3)11-6-4-5-7-12-24/h13-14H,4-12H2,1-3H3/p+1. The van der Waals surface area contributed by atoms with Crippen LogP contribution < -0.4 is 5.32 Å². The summed E-state index contributed by atoms with van der Waals surface area (Å²) >= 11 is 0. The monoisotopic (exact) mass is 340 g/mol. The van der Waals surface area contributed by atoms with E-state index < -0.39 is 0 Å². The number of benzene rings is 1. The third-order valence-electron chi connectivity index (χ3n) is 6.59. The number of carbonyl (C=O) groups is 1. The van der Waals surface area contributed by atoms with Crippen LogP contribution in [0.4, 0.5) is 5.69 Å². The Balaban J connectivity index is 1.88. The SMILES string of the molecule is Cc1cc(C#N)cc(C)c1NC(=O)C1([N+]2(C)CCCCCC2)CCC1. The van der Waals surface area contributed by atoms with E-state index in [0.717, 1.165) is 53.6 Å². The Kier molecular flexibility index (Phi) is 4.88. The molecule has 1 saturated carbocycles. The lowest BCUT2D eigenvalue weighted by atomic mass is 9.72. The zero-order valence-electron chi connectivity index (χ0n) is 15.8. The van der Waals surface area contributed by atoms with Gasteiger partial charge < -0.3 is 9.80 Å². The predicted octanol–water partition coefficient (Wildman–Crippen LogP) is 4.06. The van der Waals surface area contributed by atoms with Crippen LogP contribution in [0.15, 0.2) is 12.1 Å². The Hall–Kier alpha value is -1.86. The third-order valence-corrected chi connectivity index (χ3v) is 6.59. The van der Waals surface area contributed by atoms with E-state index in [1.807, 2.05) is 26.0 Å². The molecule has 1 saturated heterocycles. The fourth-order valence-electron chi connectivity index (χ4n) is 4.79. The van der Waals surface area contributed by atoms with Crippen molar-refractivity contribution < 1.29 is 9.28 Å². The molecule has 2 aliphatic rings.